The van der Waals surface area contributed by atoms with Crippen LogP contribution in [0.25, 0.3) is 0 Å². The molecule has 0 aromatic heterocycles. The fraction of sp³-hybridized carbons (Fsp3) is 1.00. The van der Waals surface area contributed by atoms with Crippen molar-refractivity contribution in [1.82, 2.24) is 5.32 Å². The molecule has 2 heteroatoms. The monoisotopic (exact) mass is 267 g/mol. The standard InChI is InChI=1S/C17H33NO/c1-5-9-18-17(16-8-10-19-14(16)4)15-7-6-12(2)13(3)11-15/h12-18H,5-11H2,1-4H3. The van der Waals surface area contributed by atoms with Crippen molar-refractivity contribution >= 4 is 0 Å². The van der Waals surface area contributed by atoms with Crippen molar-refractivity contribution in [3.05, 3.63) is 0 Å². The van der Waals surface area contributed by atoms with Crippen molar-refractivity contribution in [3.63, 3.8) is 0 Å². The molecule has 6 atom stereocenters. The quantitative estimate of drug-likeness (QED) is 0.817. The molecule has 0 bridgehead atoms. The van der Waals surface area contributed by atoms with E-state index in [2.05, 4.69) is 33.0 Å². The summed E-state index contributed by atoms with van der Waals surface area (Å²) in [4.78, 5) is 0. The minimum Gasteiger partial charge on any atom is -0.378 e. The highest BCUT2D eigenvalue weighted by molar-refractivity contribution is 4.91. The zero-order valence-corrected chi connectivity index (χ0v) is 13.3. The van der Waals surface area contributed by atoms with Gasteiger partial charge in [0.25, 0.3) is 0 Å². The van der Waals surface area contributed by atoms with E-state index in [1.165, 1.54) is 32.1 Å². The molecule has 0 aromatic carbocycles. The van der Waals surface area contributed by atoms with Gasteiger partial charge in [-0.1, -0.05) is 27.2 Å². The predicted molar refractivity (Wildman–Crippen MR) is 81.3 cm³/mol. The van der Waals surface area contributed by atoms with Gasteiger partial charge in [0.2, 0.25) is 0 Å². The maximum Gasteiger partial charge on any atom is 0.0590 e. The molecule has 2 rings (SSSR count). The van der Waals surface area contributed by atoms with E-state index in [4.69, 9.17) is 4.74 Å². The Morgan fingerprint density at radius 3 is 2.47 bits per heavy atom. The van der Waals surface area contributed by atoms with Gasteiger partial charge in [-0.3, -0.25) is 0 Å². The molecule has 2 nitrogen and oxygen atoms in total. The Labute approximate surface area is 119 Å². The van der Waals surface area contributed by atoms with Crippen LogP contribution in [0.4, 0.5) is 0 Å². The lowest BCUT2D eigenvalue weighted by atomic mass is 9.70. The van der Waals surface area contributed by atoms with E-state index in [0.29, 0.717) is 12.1 Å². The van der Waals surface area contributed by atoms with E-state index < -0.39 is 0 Å². The van der Waals surface area contributed by atoms with Crippen molar-refractivity contribution in [2.45, 2.75) is 71.9 Å². The molecule has 0 radical (unpaired) electrons. The van der Waals surface area contributed by atoms with Crippen LogP contribution in [-0.2, 0) is 4.74 Å². The van der Waals surface area contributed by atoms with Crippen molar-refractivity contribution in [1.29, 1.82) is 0 Å². The normalized spacial score (nSPS) is 41.4. The molecule has 1 aliphatic heterocycles. The fourth-order valence-electron chi connectivity index (χ4n) is 4.11. The molecule has 1 saturated carbocycles. The second-order valence-corrected chi connectivity index (χ2v) is 7.04. The van der Waals surface area contributed by atoms with Crippen LogP contribution in [0.15, 0.2) is 0 Å². The van der Waals surface area contributed by atoms with Crippen LogP contribution in [0.1, 0.15) is 59.8 Å². The van der Waals surface area contributed by atoms with Crippen LogP contribution in [0.5, 0.6) is 0 Å². The molecule has 112 valence electrons. The van der Waals surface area contributed by atoms with Gasteiger partial charge >= 0.3 is 0 Å². The molecule has 0 spiro atoms. The topological polar surface area (TPSA) is 21.3 Å². The van der Waals surface area contributed by atoms with Gasteiger partial charge in [0, 0.05) is 18.6 Å². The maximum atomic E-state index is 5.83. The van der Waals surface area contributed by atoms with Gasteiger partial charge in [-0.2, -0.15) is 0 Å². The first-order valence-corrected chi connectivity index (χ1v) is 8.48. The molecular formula is C17H33NO. The van der Waals surface area contributed by atoms with Crippen molar-refractivity contribution < 1.29 is 4.74 Å². The average molecular weight is 267 g/mol. The minimum absolute atomic E-state index is 0.448. The van der Waals surface area contributed by atoms with E-state index >= 15 is 0 Å². The second kappa shape index (κ2) is 7.08. The lowest BCUT2D eigenvalue weighted by Crippen LogP contribution is -2.47. The molecule has 0 amide bonds. The molecule has 1 N–H and O–H groups in total. The van der Waals surface area contributed by atoms with E-state index in [9.17, 15) is 0 Å². The van der Waals surface area contributed by atoms with Gasteiger partial charge < -0.3 is 10.1 Å². The van der Waals surface area contributed by atoms with Crippen LogP contribution >= 0.6 is 0 Å². The van der Waals surface area contributed by atoms with E-state index in [1.54, 1.807) is 0 Å². The van der Waals surface area contributed by atoms with Crippen LogP contribution in [0.3, 0.4) is 0 Å². The summed E-state index contributed by atoms with van der Waals surface area (Å²) in [5.41, 5.74) is 0. The van der Waals surface area contributed by atoms with Crippen molar-refractivity contribution in [2.24, 2.45) is 23.7 Å². The number of rotatable bonds is 5. The SMILES string of the molecule is CCCNC(C1CCC(C)C(C)C1)C1CCOC1C. The minimum atomic E-state index is 0.448. The van der Waals surface area contributed by atoms with Gasteiger partial charge in [0.05, 0.1) is 6.10 Å². The van der Waals surface area contributed by atoms with Gasteiger partial charge in [0.15, 0.2) is 0 Å². The third-order valence-electron chi connectivity index (χ3n) is 5.67. The Kier molecular flexibility index (Phi) is 5.70. The summed E-state index contributed by atoms with van der Waals surface area (Å²) in [5, 5.41) is 3.87. The summed E-state index contributed by atoms with van der Waals surface area (Å²) < 4.78 is 5.83. The molecule has 19 heavy (non-hydrogen) atoms. The van der Waals surface area contributed by atoms with Crippen LogP contribution < -0.4 is 5.32 Å². The number of nitrogens with one attached hydrogen (secondary N) is 1. The lowest BCUT2D eigenvalue weighted by molar-refractivity contribution is 0.0720. The molecule has 1 aliphatic carbocycles. The molecule has 1 saturated heterocycles. The third-order valence-corrected chi connectivity index (χ3v) is 5.67. The Balaban J connectivity index is 2.00. The van der Waals surface area contributed by atoms with E-state index in [1.807, 2.05) is 0 Å². The van der Waals surface area contributed by atoms with Crippen LogP contribution in [-0.4, -0.2) is 25.3 Å². The summed E-state index contributed by atoms with van der Waals surface area (Å²) in [6.07, 6.45) is 7.17. The predicted octanol–water partition coefficient (Wildman–Crippen LogP) is 3.85. The summed E-state index contributed by atoms with van der Waals surface area (Å²) in [6, 6.07) is 0.687. The molecule has 0 aromatic rings. The van der Waals surface area contributed by atoms with E-state index in [-0.39, 0.29) is 0 Å². The largest absolute Gasteiger partial charge is 0.378 e. The Morgan fingerprint density at radius 2 is 1.89 bits per heavy atom. The number of ether oxygens (including phenoxy) is 1. The molecular weight excluding hydrogens is 234 g/mol. The summed E-state index contributed by atoms with van der Waals surface area (Å²) in [6.45, 7) is 11.5. The Bertz CT molecular complexity index is 268. The number of hydrogen-bond acceptors (Lipinski definition) is 2. The fourth-order valence-corrected chi connectivity index (χ4v) is 4.11. The number of hydrogen-bond donors (Lipinski definition) is 1. The summed E-state index contributed by atoms with van der Waals surface area (Å²) in [7, 11) is 0. The Hall–Kier alpha value is -0.0800. The van der Waals surface area contributed by atoms with E-state index in [0.717, 1.165) is 36.8 Å². The average Bonchev–Trinajstić information content (AvgIpc) is 2.80. The van der Waals surface area contributed by atoms with Gasteiger partial charge in [-0.15, -0.1) is 0 Å². The highest BCUT2D eigenvalue weighted by Gasteiger charge is 2.38. The smallest absolute Gasteiger partial charge is 0.0590 e. The summed E-state index contributed by atoms with van der Waals surface area (Å²) in [5.74, 6) is 3.41. The highest BCUT2D eigenvalue weighted by atomic mass is 16.5. The highest BCUT2D eigenvalue weighted by Crippen LogP contribution is 2.39. The van der Waals surface area contributed by atoms with Crippen molar-refractivity contribution in [2.75, 3.05) is 13.2 Å². The first-order valence-electron chi connectivity index (χ1n) is 8.48. The first-order chi connectivity index (χ1) is 9.13. The second-order valence-electron chi connectivity index (χ2n) is 7.04. The molecule has 2 fully saturated rings. The van der Waals surface area contributed by atoms with Crippen LogP contribution in [0.2, 0.25) is 0 Å². The zero-order valence-electron chi connectivity index (χ0n) is 13.3. The van der Waals surface area contributed by atoms with Crippen LogP contribution in [0, 0.1) is 23.7 Å². The van der Waals surface area contributed by atoms with Gasteiger partial charge in [0.1, 0.15) is 0 Å². The maximum absolute atomic E-state index is 5.83. The molecule has 1 heterocycles. The third kappa shape index (κ3) is 3.72. The van der Waals surface area contributed by atoms with Gasteiger partial charge in [-0.05, 0) is 56.9 Å². The zero-order chi connectivity index (χ0) is 13.8. The molecule has 2 aliphatic rings. The van der Waals surface area contributed by atoms with Gasteiger partial charge in [-0.25, -0.2) is 0 Å². The van der Waals surface area contributed by atoms with Crippen molar-refractivity contribution in [3.8, 4) is 0 Å². The first kappa shape index (κ1) is 15.3. The Morgan fingerprint density at radius 1 is 1.11 bits per heavy atom. The lowest BCUT2D eigenvalue weighted by Gasteiger charge is -2.40. The summed E-state index contributed by atoms with van der Waals surface area (Å²) >= 11 is 0. The molecule has 6 unspecified atom stereocenters.